The number of benzene rings is 2. The van der Waals surface area contributed by atoms with Crippen molar-refractivity contribution in [1.29, 1.82) is 0 Å². The number of aromatic amines is 1. The molecule has 2 aromatic carbocycles. The topological polar surface area (TPSA) is 36.1 Å². The number of aromatic nitrogens is 1. The van der Waals surface area contributed by atoms with Gasteiger partial charge in [0.15, 0.2) is 0 Å². The van der Waals surface area contributed by atoms with Gasteiger partial charge in [-0.05, 0) is 61.2 Å². The van der Waals surface area contributed by atoms with E-state index in [-0.39, 0.29) is 30.0 Å². The quantitative estimate of drug-likeness (QED) is 0.720. The van der Waals surface area contributed by atoms with E-state index < -0.39 is 0 Å². The van der Waals surface area contributed by atoms with Gasteiger partial charge < -0.3 is 9.88 Å². The number of H-pyrrole nitrogens is 1. The average molecular weight is 354 g/mol. The van der Waals surface area contributed by atoms with Gasteiger partial charge in [0, 0.05) is 29.2 Å². The van der Waals surface area contributed by atoms with E-state index in [9.17, 15) is 13.6 Å². The predicted octanol–water partition coefficient (Wildman–Crippen LogP) is 4.49. The molecule has 4 rings (SSSR count). The fourth-order valence-electron chi connectivity index (χ4n) is 3.43. The summed E-state index contributed by atoms with van der Waals surface area (Å²) in [6.45, 7) is 2.38. The van der Waals surface area contributed by atoms with Crippen LogP contribution in [-0.4, -0.2) is 21.8 Å². The van der Waals surface area contributed by atoms with Crippen LogP contribution in [0.5, 0.6) is 0 Å². The summed E-state index contributed by atoms with van der Waals surface area (Å²) >= 11 is 0. The fraction of sp³-hybridized carbons (Fsp3) is 0.286. The Bertz CT molecular complexity index is 958. The van der Waals surface area contributed by atoms with Crippen molar-refractivity contribution >= 4 is 16.8 Å². The van der Waals surface area contributed by atoms with Gasteiger partial charge in [-0.3, -0.25) is 4.79 Å². The van der Waals surface area contributed by atoms with Gasteiger partial charge in [0.25, 0.3) is 0 Å². The van der Waals surface area contributed by atoms with E-state index in [4.69, 9.17) is 0 Å². The Kier molecular flexibility index (Phi) is 4.23. The summed E-state index contributed by atoms with van der Waals surface area (Å²) in [5.41, 5.74) is 3.47. The van der Waals surface area contributed by atoms with Crippen molar-refractivity contribution in [2.45, 2.75) is 38.8 Å². The van der Waals surface area contributed by atoms with Crippen LogP contribution in [0.2, 0.25) is 0 Å². The van der Waals surface area contributed by atoms with Crippen molar-refractivity contribution in [3.05, 3.63) is 70.9 Å². The highest BCUT2D eigenvalue weighted by molar-refractivity contribution is 5.90. The van der Waals surface area contributed by atoms with Crippen LogP contribution in [0.3, 0.4) is 0 Å². The van der Waals surface area contributed by atoms with Crippen molar-refractivity contribution in [3.8, 4) is 0 Å². The number of aryl methyl sites for hydroxylation is 1. The van der Waals surface area contributed by atoms with E-state index in [2.05, 4.69) is 4.98 Å². The smallest absolute Gasteiger partial charge is 0.227 e. The van der Waals surface area contributed by atoms with Gasteiger partial charge in [-0.1, -0.05) is 12.1 Å². The summed E-state index contributed by atoms with van der Waals surface area (Å²) in [6.07, 6.45) is 2.22. The second-order valence-electron chi connectivity index (χ2n) is 6.97. The lowest BCUT2D eigenvalue weighted by molar-refractivity contribution is -0.131. The van der Waals surface area contributed by atoms with Crippen LogP contribution < -0.4 is 0 Å². The van der Waals surface area contributed by atoms with Gasteiger partial charge in [-0.2, -0.15) is 0 Å². The lowest BCUT2D eigenvalue weighted by Gasteiger charge is -2.23. The molecule has 0 spiro atoms. The molecule has 1 saturated carbocycles. The largest absolute Gasteiger partial charge is 0.358 e. The molecule has 134 valence electrons. The monoisotopic (exact) mass is 354 g/mol. The molecule has 26 heavy (non-hydrogen) atoms. The van der Waals surface area contributed by atoms with Crippen LogP contribution in [0, 0.1) is 18.6 Å². The van der Waals surface area contributed by atoms with Gasteiger partial charge in [0.2, 0.25) is 5.91 Å². The summed E-state index contributed by atoms with van der Waals surface area (Å²) in [6, 6.07) is 11.1. The summed E-state index contributed by atoms with van der Waals surface area (Å²) in [5, 5.41) is 0.758. The maximum atomic E-state index is 13.6. The normalized spacial score (nSPS) is 14.0. The molecule has 0 bridgehead atoms. The molecule has 0 saturated heterocycles. The van der Waals surface area contributed by atoms with Gasteiger partial charge in [-0.15, -0.1) is 0 Å². The molecule has 0 unspecified atom stereocenters. The highest BCUT2D eigenvalue weighted by Crippen LogP contribution is 2.30. The van der Waals surface area contributed by atoms with Crippen molar-refractivity contribution in [2.24, 2.45) is 0 Å². The molecule has 1 aliphatic rings. The third kappa shape index (κ3) is 3.34. The molecule has 1 heterocycles. The Balaban J connectivity index is 1.58. The molecule has 5 heteroatoms. The van der Waals surface area contributed by atoms with Crippen molar-refractivity contribution < 1.29 is 13.6 Å². The highest BCUT2D eigenvalue weighted by atomic mass is 19.1. The Labute approximate surface area is 150 Å². The minimum Gasteiger partial charge on any atom is -0.358 e. The van der Waals surface area contributed by atoms with E-state index in [1.54, 1.807) is 18.2 Å². The molecule has 0 radical (unpaired) electrons. The maximum absolute atomic E-state index is 13.6. The third-order valence-electron chi connectivity index (χ3n) is 4.98. The summed E-state index contributed by atoms with van der Waals surface area (Å²) < 4.78 is 26.8. The second kappa shape index (κ2) is 6.56. The zero-order chi connectivity index (χ0) is 18.3. The number of nitrogens with one attached hydrogen (secondary N) is 1. The number of carbonyl (C=O) groups is 1. The molecule has 0 aliphatic heterocycles. The number of amides is 1. The van der Waals surface area contributed by atoms with E-state index in [0.29, 0.717) is 6.54 Å². The van der Waals surface area contributed by atoms with Crippen LogP contribution in [0.25, 0.3) is 10.9 Å². The van der Waals surface area contributed by atoms with E-state index >= 15 is 0 Å². The van der Waals surface area contributed by atoms with Crippen molar-refractivity contribution in [2.75, 3.05) is 0 Å². The molecule has 1 amide bonds. The molecular weight excluding hydrogens is 334 g/mol. The van der Waals surface area contributed by atoms with Gasteiger partial charge >= 0.3 is 0 Å². The first-order chi connectivity index (χ1) is 12.5. The Morgan fingerprint density at radius 1 is 1.12 bits per heavy atom. The van der Waals surface area contributed by atoms with Crippen molar-refractivity contribution in [3.63, 3.8) is 0 Å². The lowest BCUT2D eigenvalue weighted by Crippen LogP contribution is -2.33. The van der Waals surface area contributed by atoms with Crippen molar-refractivity contribution in [1.82, 2.24) is 9.88 Å². The van der Waals surface area contributed by atoms with Gasteiger partial charge in [0.05, 0.1) is 6.42 Å². The predicted molar refractivity (Wildman–Crippen MR) is 96.7 cm³/mol. The summed E-state index contributed by atoms with van der Waals surface area (Å²) in [4.78, 5) is 18.1. The van der Waals surface area contributed by atoms with Crippen LogP contribution in [0.4, 0.5) is 8.78 Å². The molecule has 1 aromatic heterocycles. The number of hydrogen-bond donors (Lipinski definition) is 1. The van der Waals surface area contributed by atoms with Crippen LogP contribution in [-0.2, 0) is 17.8 Å². The molecule has 0 atom stereocenters. The summed E-state index contributed by atoms with van der Waals surface area (Å²) in [7, 11) is 0. The zero-order valence-corrected chi connectivity index (χ0v) is 14.6. The van der Waals surface area contributed by atoms with E-state index in [1.807, 2.05) is 11.8 Å². The third-order valence-corrected chi connectivity index (χ3v) is 4.98. The minimum absolute atomic E-state index is 0.0186. The number of carbonyl (C=O) groups excluding carboxylic acids is 1. The number of halogens is 2. The Morgan fingerprint density at radius 3 is 2.50 bits per heavy atom. The van der Waals surface area contributed by atoms with Crippen LogP contribution >= 0.6 is 0 Å². The molecule has 1 fully saturated rings. The second-order valence-corrected chi connectivity index (χ2v) is 6.97. The van der Waals surface area contributed by atoms with Crippen LogP contribution in [0.1, 0.15) is 29.7 Å². The Morgan fingerprint density at radius 2 is 1.81 bits per heavy atom. The standard InChI is InChI=1S/C21H20F2N2O/c1-13-18(19-10-16(23)6-9-20(19)24-13)11-21(26)25(17-7-8-17)12-14-2-4-15(22)5-3-14/h2-6,9-10,17,24H,7-8,11-12H2,1H3. The molecule has 3 aromatic rings. The lowest BCUT2D eigenvalue weighted by atomic mass is 10.1. The number of fused-ring (bicyclic) bond motifs is 1. The van der Waals surface area contributed by atoms with Crippen LogP contribution in [0.15, 0.2) is 42.5 Å². The average Bonchev–Trinajstić information content (AvgIpc) is 3.41. The van der Waals surface area contributed by atoms with E-state index in [0.717, 1.165) is 40.6 Å². The van der Waals surface area contributed by atoms with Gasteiger partial charge in [0.1, 0.15) is 11.6 Å². The van der Waals surface area contributed by atoms with Gasteiger partial charge in [-0.25, -0.2) is 8.78 Å². The fourth-order valence-corrected chi connectivity index (χ4v) is 3.43. The molecule has 1 aliphatic carbocycles. The molecule has 3 nitrogen and oxygen atoms in total. The zero-order valence-electron chi connectivity index (χ0n) is 14.6. The molecular formula is C21H20F2N2O. The highest BCUT2D eigenvalue weighted by Gasteiger charge is 2.33. The Hall–Kier alpha value is -2.69. The molecule has 1 N–H and O–H groups in total. The first-order valence-electron chi connectivity index (χ1n) is 8.82. The summed E-state index contributed by atoms with van der Waals surface area (Å²) in [5.74, 6) is -0.574. The number of rotatable bonds is 5. The number of nitrogens with zero attached hydrogens (tertiary/aromatic N) is 1. The van der Waals surface area contributed by atoms with E-state index in [1.165, 1.54) is 24.3 Å². The SMILES string of the molecule is Cc1[nH]c2ccc(F)cc2c1CC(=O)N(Cc1ccc(F)cc1)C1CC1. The minimum atomic E-state index is -0.310. The first kappa shape index (κ1) is 16.8. The first-order valence-corrected chi connectivity index (χ1v) is 8.82. The maximum Gasteiger partial charge on any atom is 0.227 e. The number of hydrogen-bond acceptors (Lipinski definition) is 1.